The van der Waals surface area contributed by atoms with Gasteiger partial charge in [-0.2, -0.15) is 0 Å². The molecule has 2 aromatic carbocycles. The molecule has 0 aliphatic heterocycles. The van der Waals surface area contributed by atoms with Crippen LogP contribution in [0.4, 0.5) is 4.39 Å². The fourth-order valence-corrected chi connectivity index (χ4v) is 3.71. The maximum Gasteiger partial charge on any atom is 0.123 e. The van der Waals surface area contributed by atoms with Crippen LogP contribution in [-0.2, 0) is 0 Å². The van der Waals surface area contributed by atoms with Gasteiger partial charge < -0.3 is 4.74 Å². The highest BCUT2D eigenvalue weighted by molar-refractivity contribution is 5.44. The summed E-state index contributed by atoms with van der Waals surface area (Å²) in [6.07, 6.45) is 9.43. The summed E-state index contributed by atoms with van der Waals surface area (Å²) in [5, 5.41) is 0. The van der Waals surface area contributed by atoms with Crippen molar-refractivity contribution in [2.45, 2.75) is 51.9 Å². The van der Waals surface area contributed by atoms with Crippen molar-refractivity contribution >= 4 is 0 Å². The first-order valence-electron chi connectivity index (χ1n) is 10.2. The van der Waals surface area contributed by atoms with E-state index < -0.39 is 0 Å². The molecule has 0 amide bonds. The Morgan fingerprint density at radius 1 is 0.852 bits per heavy atom. The van der Waals surface area contributed by atoms with Crippen LogP contribution in [0.3, 0.4) is 0 Å². The largest absolute Gasteiger partial charge is 0.493 e. The molecule has 142 valence electrons. The Kier molecular flexibility index (Phi) is 7.34. The van der Waals surface area contributed by atoms with Crippen molar-refractivity contribution in [3.63, 3.8) is 0 Å². The van der Waals surface area contributed by atoms with Crippen molar-refractivity contribution in [3.8, 4) is 17.6 Å². The maximum atomic E-state index is 12.9. The predicted octanol–water partition coefficient (Wildman–Crippen LogP) is 6.60. The number of benzene rings is 2. The van der Waals surface area contributed by atoms with E-state index in [-0.39, 0.29) is 5.82 Å². The van der Waals surface area contributed by atoms with E-state index in [0.717, 1.165) is 29.4 Å². The molecule has 27 heavy (non-hydrogen) atoms. The fourth-order valence-electron chi connectivity index (χ4n) is 3.71. The Labute approximate surface area is 163 Å². The minimum atomic E-state index is -0.239. The van der Waals surface area contributed by atoms with E-state index in [4.69, 9.17) is 4.74 Å². The molecule has 2 heteroatoms. The number of halogens is 1. The second-order valence-electron chi connectivity index (χ2n) is 7.62. The van der Waals surface area contributed by atoms with E-state index >= 15 is 0 Å². The zero-order chi connectivity index (χ0) is 18.9. The van der Waals surface area contributed by atoms with Gasteiger partial charge in [-0.1, -0.05) is 50.9 Å². The maximum absolute atomic E-state index is 12.9. The summed E-state index contributed by atoms with van der Waals surface area (Å²) in [5.74, 6) is 8.47. The van der Waals surface area contributed by atoms with Gasteiger partial charge in [-0.15, -0.1) is 0 Å². The molecular formula is C25H29FO. The van der Waals surface area contributed by atoms with Crippen LogP contribution >= 0.6 is 0 Å². The van der Waals surface area contributed by atoms with Crippen molar-refractivity contribution < 1.29 is 9.13 Å². The molecule has 0 radical (unpaired) electrons. The molecule has 1 aliphatic carbocycles. The van der Waals surface area contributed by atoms with Crippen molar-refractivity contribution in [1.82, 2.24) is 0 Å². The molecule has 2 aromatic rings. The van der Waals surface area contributed by atoms with Crippen LogP contribution in [0.1, 0.15) is 63.0 Å². The van der Waals surface area contributed by atoms with E-state index in [1.165, 1.54) is 57.1 Å². The molecule has 1 saturated carbocycles. The highest BCUT2D eigenvalue weighted by atomic mass is 19.1. The molecule has 0 N–H and O–H groups in total. The molecule has 0 saturated heterocycles. The van der Waals surface area contributed by atoms with Crippen LogP contribution in [0.15, 0.2) is 48.5 Å². The van der Waals surface area contributed by atoms with Crippen molar-refractivity contribution in [2.24, 2.45) is 11.8 Å². The molecule has 0 unspecified atom stereocenters. The fraction of sp³-hybridized carbons (Fsp3) is 0.440. The van der Waals surface area contributed by atoms with Crippen LogP contribution in [0.5, 0.6) is 5.75 Å². The second kappa shape index (κ2) is 10.2. The Balaban J connectivity index is 1.44. The Hall–Kier alpha value is -2.27. The lowest BCUT2D eigenvalue weighted by Crippen LogP contribution is -2.20. The number of ether oxygens (including phenoxy) is 1. The molecule has 0 aromatic heterocycles. The number of hydrogen-bond acceptors (Lipinski definition) is 1. The summed E-state index contributed by atoms with van der Waals surface area (Å²) in [7, 11) is 0. The highest BCUT2D eigenvalue weighted by Crippen LogP contribution is 2.32. The molecule has 0 spiro atoms. The minimum absolute atomic E-state index is 0.239. The average molecular weight is 365 g/mol. The van der Waals surface area contributed by atoms with Gasteiger partial charge in [-0.3, -0.25) is 0 Å². The monoisotopic (exact) mass is 364 g/mol. The zero-order valence-electron chi connectivity index (χ0n) is 16.2. The summed E-state index contributed by atoms with van der Waals surface area (Å²) in [6, 6.07) is 14.2. The van der Waals surface area contributed by atoms with Gasteiger partial charge in [0.2, 0.25) is 0 Å². The first-order valence-corrected chi connectivity index (χ1v) is 10.2. The van der Waals surface area contributed by atoms with Gasteiger partial charge in [0.1, 0.15) is 11.6 Å². The predicted molar refractivity (Wildman–Crippen MR) is 109 cm³/mol. The van der Waals surface area contributed by atoms with E-state index in [1.54, 1.807) is 12.1 Å². The number of hydrogen-bond donors (Lipinski definition) is 0. The van der Waals surface area contributed by atoms with Gasteiger partial charge in [0.15, 0.2) is 0 Å². The van der Waals surface area contributed by atoms with Gasteiger partial charge in [0.05, 0.1) is 6.61 Å². The molecule has 0 bridgehead atoms. The molecular weight excluding hydrogens is 335 g/mol. The summed E-state index contributed by atoms with van der Waals surface area (Å²) >= 11 is 0. The summed E-state index contributed by atoms with van der Waals surface area (Å²) in [6.45, 7) is 3.10. The standard InChI is InChI=1S/C25H29FO/c1-2-3-4-20-7-9-23(10-8-20)19-27-25-17-13-22(14-18-25)6-5-21-11-15-24(26)16-12-21/h11-18,20,23H,2-4,7-10,19H2,1H3/t20-,23-. The third-order valence-electron chi connectivity index (χ3n) is 5.47. The lowest BCUT2D eigenvalue weighted by atomic mass is 9.80. The molecule has 1 fully saturated rings. The van der Waals surface area contributed by atoms with Gasteiger partial charge in [0, 0.05) is 11.1 Å². The van der Waals surface area contributed by atoms with Crippen LogP contribution < -0.4 is 4.74 Å². The average Bonchev–Trinajstić information content (AvgIpc) is 2.72. The quantitative estimate of drug-likeness (QED) is 0.525. The highest BCUT2D eigenvalue weighted by Gasteiger charge is 2.21. The Bertz CT molecular complexity index is 744. The van der Waals surface area contributed by atoms with Crippen LogP contribution in [-0.4, -0.2) is 6.61 Å². The van der Waals surface area contributed by atoms with E-state index in [9.17, 15) is 4.39 Å². The van der Waals surface area contributed by atoms with Gasteiger partial charge in [-0.25, -0.2) is 4.39 Å². The van der Waals surface area contributed by atoms with Crippen LogP contribution in [0, 0.1) is 29.5 Å². The SMILES string of the molecule is CCCC[C@H]1CC[C@H](COc2ccc(C#Cc3ccc(F)cc3)cc2)CC1. The smallest absolute Gasteiger partial charge is 0.123 e. The third-order valence-corrected chi connectivity index (χ3v) is 5.47. The van der Waals surface area contributed by atoms with Gasteiger partial charge >= 0.3 is 0 Å². The lowest BCUT2D eigenvalue weighted by Gasteiger charge is -2.28. The topological polar surface area (TPSA) is 9.23 Å². The summed E-state index contributed by atoms with van der Waals surface area (Å²) < 4.78 is 18.9. The van der Waals surface area contributed by atoms with Crippen LogP contribution in [0.25, 0.3) is 0 Å². The van der Waals surface area contributed by atoms with E-state index in [1.807, 2.05) is 24.3 Å². The first kappa shape index (κ1) is 19.5. The van der Waals surface area contributed by atoms with Gasteiger partial charge in [-0.05, 0) is 73.2 Å². The third kappa shape index (κ3) is 6.43. The van der Waals surface area contributed by atoms with Gasteiger partial charge in [0.25, 0.3) is 0 Å². The Morgan fingerprint density at radius 2 is 1.41 bits per heavy atom. The van der Waals surface area contributed by atoms with Crippen molar-refractivity contribution in [2.75, 3.05) is 6.61 Å². The number of unbranched alkanes of at least 4 members (excludes halogenated alkanes) is 1. The first-order chi connectivity index (χ1) is 13.2. The minimum Gasteiger partial charge on any atom is -0.493 e. The van der Waals surface area contributed by atoms with Crippen LogP contribution in [0.2, 0.25) is 0 Å². The molecule has 1 nitrogen and oxygen atoms in total. The molecule has 3 rings (SSSR count). The lowest BCUT2D eigenvalue weighted by molar-refractivity contribution is 0.178. The van der Waals surface area contributed by atoms with E-state index in [2.05, 4.69) is 18.8 Å². The summed E-state index contributed by atoms with van der Waals surface area (Å²) in [4.78, 5) is 0. The molecule has 0 atom stereocenters. The molecule has 0 heterocycles. The Morgan fingerprint density at radius 3 is 2.00 bits per heavy atom. The second-order valence-corrected chi connectivity index (χ2v) is 7.62. The summed E-state index contributed by atoms with van der Waals surface area (Å²) in [5.41, 5.74) is 1.74. The van der Waals surface area contributed by atoms with Crippen molar-refractivity contribution in [1.29, 1.82) is 0 Å². The zero-order valence-corrected chi connectivity index (χ0v) is 16.2. The molecule has 1 aliphatic rings. The number of rotatable bonds is 6. The van der Waals surface area contributed by atoms with E-state index in [0.29, 0.717) is 5.92 Å². The van der Waals surface area contributed by atoms with Crippen molar-refractivity contribution in [3.05, 3.63) is 65.5 Å². The normalized spacial score (nSPS) is 19.2.